The van der Waals surface area contributed by atoms with Crippen molar-refractivity contribution in [1.29, 1.82) is 0 Å². The van der Waals surface area contributed by atoms with E-state index in [0.29, 0.717) is 18.0 Å². The highest BCUT2D eigenvalue weighted by Crippen LogP contribution is 2.19. The van der Waals surface area contributed by atoms with Gasteiger partial charge in [-0.2, -0.15) is 0 Å². The maximum absolute atomic E-state index is 12.3. The third-order valence-electron chi connectivity index (χ3n) is 4.61. The highest BCUT2D eigenvalue weighted by atomic mass is 16.3. The maximum Gasteiger partial charge on any atom is 0.270 e. The number of carbonyl (C=O) groups excluding carboxylic acids is 1. The zero-order chi connectivity index (χ0) is 18.5. The van der Waals surface area contributed by atoms with Crippen molar-refractivity contribution >= 4 is 17.4 Å². The number of furan rings is 1. The molecule has 0 atom stereocenters. The number of hydrogen-bond acceptors (Lipinski definition) is 6. The van der Waals surface area contributed by atoms with Gasteiger partial charge in [-0.05, 0) is 24.3 Å². The lowest BCUT2D eigenvalue weighted by molar-refractivity contribution is 0.0943. The molecule has 0 saturated carbocycles. The lowest BCUT2D eigenvalue weighted by Crippen LogP contribution is -2.46. The number of nitrogens with zero attached hydrogens (tertiary/aromatic N) is 4. The molecule has 0 spiro atoms. The molecule has 0 unspecified atom stereocenters. The minimum Gasteiger partial charge on any atom is -0.467 e. The van der Waals surface area contributed by atoms with Crippen molar-refractivity contribution in [2.75, 3.05) is 36.0 Å². The van der Waals surface area contributed by atoms with Crippen molar-refractivity contribution in [3.63, 3.8) is 0 Å². The fraction of sp³-hybridized carbons (Fsp3) is 0.250. The summed E-state index contributed by atoms with van der Waals surface area (Å²) in [6.07, 6.45) is 3.03. The van der Waals surface area contributed by atoms with Gasteiger partial charge in [0.1, 0.15) is 23.6 Å². The van der Waals surface area contributed by atoms with Gasteiger partial charge in [-0.15, -0.1) is 0 Å². The molecule has 138 valence electrons. The van der Waals surface area contributed by atoms with Crippen LogP contribution in [-0.4, -0.2) is 42.1 Å². The van der Waals surface area contributed by atoms with Gasteiger partial charge in [-0.1, -0.05) is 18.2 Å². The fourth-order valence-electron chi connectivity index (χ4n) is 3.15. The topological polar surface area (TPSA) is 74.5 Å². The van der Waals surface area contributed by atoms with Gasteiger partial charge < -0.3 is 19.5 Å². The Kier molecular flexibility index (Phi) is 5.00. The Hall–Kier alpha value is -3.35. The normalized spacial score (nSPS) is 14.2. The van der Waals surface area contributed by atoms with Crippen molar-refractivity contribution < 1.29 is 9.21 Å². The molecule has 1 N–H and O–H groups in total. The first-order valence-electron chi connectivity index (χ1n) is 8.97. The van der Waals surface area contributed by atoms with Crippen molar-refractivity contribution in [3.8, 4) is 0 Å². The molecular formula is C20H21N5O2. The van der Waals surface area contributed by atoms with Crippen LogP contribution in [0.5, 0.6) is 0 Å². The number of benzene rings is 1. The molecular weight excluding hydrogens is 342 g/mol. The average Bonchev–Trinajstić information content (AvgIpc) is 3.27. The predicted octanol–water partition coefficient (Wildman–Crippen LogP) is 2.33. The SMILES string of the molecule is O=C(NCc1ccco1)c1cc(N2CCN(c3ccccc3)CC2)ncn1. The maximum atomic E-state index is 12.3. The van der Waals surface area contributed by atoms with E-state index in [9.17, 15) is 4.79 Å². The number of amides is 1. The highest BCUT2D eigenvalue weighted by Gasteiger charge is 2.19. The molecule has 2 aromatic heterocycles. The fourth-order valence-corrected chi connectivity index (χ4v) is 3.15. The van der Waals surface area contributed by atoms with Crippen molar-refractivity contribution in [1.82, 2.24) is 15.3 Å². The van der Waals surface area contributed by atoms with Crippen LogP contribution in [0.4, 0.5) is 11.5 Å². The molecule has 1 aromatic carbocycles. The minimum absolute atomic E-state index is 0.238. The van der Waals surface area contributed by atoms with Gasteiger partial charge in [-0.25, -0.2) is 9.97 Å². The standard InChI is InChI=1S/C20H21N5O2/c26-20(21-14-17-7-4-12-27-17)18-13-19(23-15-22-18)25-10-8-24(9-11-25)16-5-2-1-3-6-16/h1-7,12-13,15H,8-11,14H2,(H,21,26). The van der Waals surface area contributed by atoms with E-state index in [1.807, 2.05) is 12.1 Å². The molecule has 0 aliphatic carbocycles. The van der Waals surface area contributed by atoms with Crippen LogP contribution in [0.25, 0.3) is 0 Å². The summed E-state index contributed by atoms with van der Waals surface area (Å²) in [7, 11) is 0. The monoisotopic (exact) mass is 363 g/mol. The van der Waals surface area contributed by atoms with Crippen LogP contribution in [0.1, 0.15) is 16.2 Å². The molecule has 1 aliphatic rings. The van der Waals surface area contributed by atoms with Crippen molar-refractivity contribution in [2.24, 2.45) is 0 Å². The van der Waals surface area contributed by atoms with E-state index >= 15 is 0 Å². The van der Waals surface area contributed by atoms with Crippen LogP contribution in [-0.2, 0) is 6.54 Å². The van der Waals surface area contributed by atoms with Crippen LogP contribution in [0, 0.1) is 0 Å². The van der Waals surface area contributed by atoms with Crippen LogP contribution in [0.15, 0.2) is 65.5 Å². The summed E-state index contributed by atoms with van der Waals surface area (Å²) >= 11 is 0. The van der Waals surface area contributed by atoms with Gasteiger partial charge in [0.05, 0.1) is 12.8 Å². The first kappa shape index (κ1) is 17.1. The highest BCUT2D eigenvalue weighted by molar-refractivity contribution is 5.92. The molecule has 1 fully saturated rings. The summed E-state index contributed by atoms with van der Waals surface area (Å²) in [5.41, 5.74) is 1.59. The average molecular weight is 363 g/mol. The minimum atomic E-state index is -0.238. The van der Waals surface area contributed by atoms with Gasteiger partial charge in [-0.3, -0.25) is 4.79 Å². The number of para-hydroxylation sites is 1. The second-order valence-electron chi connectivity index (χ2n) is 6.33. The first-order valence-corrected chi connectivity index (χ1v) is 8.97. The Morgan fingerprint density at radius 1 is 1.00 bits per heavy atom. The number of rotatable bonds is 5. The second-order valence-corrected chi connectivity index (χ2v) is 6.33. The summed E-state index contributed by atoms with van der Waals surface area (Å²) in [6, 6.07) is 15.7. The Morgan fingerprint density at radius 2 is 1.78 bits per heavy atom. The molecule has 1 amide bonds. The van der Waals surface area contributed by atoms with Crippen molar-refractivity contribution in [3.05, 3.63) is 72.6 Å². The van der Waals surface area contributed by atoms with Crippen LogP contribution < -0.4 is 15.1 Å². The quantitative estimate of drug-likeness (QED) is 0.750. The zero-order valence-electron chi connectivity index (χ0n) is 14.9. The summed E-state index contributed by atoms with van der Waals surface area (Å²) in [5, 5.41) is 2.81. The Bertz CT molecular complexity index is 874. The number of aromatic nitrogens is 2. The van der Waals surface area contributed by atoms with Crippen LogP contribution in [0.3, 0.4) is 0 Å². The Balaban J connectivity index is 1.37. The van der Waals surface area contributed by atoms with E-state index in [1.54, 1.807) is 18.4 Å². The lowest BCUT2D eigenvalue weighted by atomic mass is 10.2. The zero-order valence-corrected chi connectivity index (χ0v) is 14.9. The summed E-state index contributed by atoms with van der Waals surface area (Å²) in [6.45, 7) is 3.85. The number of piperazine rings is 1. The molecule has 1 aliphatic heterocycles. The van der Waals surface area contributed by atoms with Gasteiger partial charge >= 0.3 is 0 Å². The summed E-state index contributed by atoms with van der Waals surface area (Å²) in [4.78, 5) is 25.3. The molecule has 0 bridgehead atoms. The Morgan fingerprint density at radius 3 is 2.52 bits per heavy atom. The second kappa shape index (κ2) is 7.90. The van der Waals surface area contributed by atoms with E-state index in [2.05, 4.69) is 49.4 Å². The predicted molar refractivity (Wildman–Crippen MR) is 103 cm³/mol. The largest absolute Gasteiger partial charge is 0.467 e. The van der Waals surface area contributed by atoms with Crippen LogP contribution in [0.2, 0.25) is 0 Å². The van der Waals surface area contributed by atoms with E-state index in [0.717, 1.165) is 32.0 Å². The molecule has 3 aromatic rings. The third-order valence-corrected chi connectivity index (χ3v) is 4.61. The van der Waals surface area contributed by atoms with E-state index in [1.165, 1.54) is 12.0 Å². The van der Waals surface area contributed by atoms with E-state index < -0.39 is 0 Å². The molecule has 27 heavy (non-hydrogen) atoms. The molecule has 0 radical (unpaired) electrons. The van der Waals surface area contributed by atoms with Gasteiger partial charge in [0.15, 0.2) is 0 Å². The van der Waals surface area contributed by atoms with Gasteiger partial charge in [0.25, 0.3) is 5.91 Å². The Labute approximate surface area is 157 Å². The number of anilines is 2. The summed E-state index contributed by atoms with van der Waals surface area (Å²) in [5.74, 6) is 1.24. The molecule has 1 saturated heterocycles. The number of carbonyl (C=O) groups is 1. The number of nitrogens with one attached hydrogen (secondary N) is 1. The van der Waals surface area contributed by atoms with Crippen LogP contribution >= 0.6 is 0 Å². The number of hydrogen-bond donors (Lipinski definition) is 1. The molecule has 3 heterocycles. The smallest absolute Gasteiger partial charge is 0.270 e. The first-order chi connectivity index (χ1) is 13.3. The molecule has 7 heteroatoms. The van der Waals surface area contributed by atoms with Gasteiger partial charge in [0.2, 0.25) is 0 Å². The van der Waals surface area contributed by atoms with E-state index in [4.69, 9.17) is 4.42 Å². The van der Waals surface area contributed by atoms with Gasteiger partial charge in [0, 0.05) is 37.9 Å². The lowest BCUT2D eigenvalue weighted by Gasteiger charge is -2.36. The third kappa shape index (κ3) is 4.08. The summed E-state index contributed by atoms with van der Waals surface area (Å²) < 4.78 is 5.22. The van der Waals surface area contributed by atoms with Crippen molar-refractivity contribution in [2.45, 2.75) is 6.54 Å². The molecule has 7 nitrogen and oxygen atoms in total. The molecule has 4 rings (SSSR count). The van der Waals surface area contributed by atoms with E-state index in [-0.39, 0.29) is 5.91 Å².